The smallest absolute Gasteiger partial charge is 0.146 e. The second-order valence-electron chi connectivity index (χ2n) is 3.49. The first-order valence-electron chi connectivity index (χ1n) is 4.99. The molecule has 2 heterocycles. The van der Waals surface area contributed by atoms with E-state index in [1.54, 1.807) is 25.5 Å². The summed E-state index contributed by atoms with van der Waals surface area (Å²) in [6.45, 7) is 0. The summed E-state index contributed by atoms with van der Waals surface area (Å²) in [5, 5.41) is 3.02. The van der Waals surface area contributed by atoms with Crippen molar-refractivity contribution in [2.75, 3.05) is 7.05 Å². The number of pyridine rings is 1. The molecule has 0 fully saturated rings. The van der Waals surface area contributed by atoms with E-state index in [4.69, 9.17) is 0 Å². The third-order valence-electron chi connectivity index (χ3n) is 2.47. The number of rotatable bonds is 3. The Bertz CT molecular complexity index is 480. The highest BCUT2D eigenvalue weighted by Gasteiger charge is 2.20. The quantitative estimate of drug-likeness (QED) is 0.846. The van der Waals surface area contributed by atoms with Crippen molar-refractivity contribution in [3.05, 3.63) is 48.1 Å². The van der Waals surface area contributed by atoms with Gasteiger partial charge in [0.2, 0.25) is 0 Å². The summed E-state index contributed by atoms with van der Waals surface area (Å²) in [5.74, 6) is 0.407. The maximum Gasteiger partial charge on any atom is 0.146 e. The van der Waals surface area contributed by atoms with E-state index < -0.39 is 0 Å². The normalized spacial score (nSPS) is 12.7. The molecule has 0 aliphatic heterocycles. The molecule has 1 atom stereocenters. The molecule has 0 aliphatic rings. The van der Waals surface area contributed by atoms with Gasteiger partial charge in [-0.2, -0.15) is 0 Å². The Morgan fingerprint density at radius 1 is 1.38 bits per heavy atom. The van der Waals surface area contributed by atoms with E-state index in [2.05, 4.69) is 15.3 Å². The van der Waals surface area contributed by atoms with E-state index in [1.807, 2.05) is 17.8 Å². The van der Waals surface area contributed by atoms with Crippen LogP contribution in [-0.2, 0) is 7.05 Å². The fourth-order valence-electron chi connectivity index (χ4n) is 1.65. The van der Waals surface area contributed by atoms with Crippen LogP contribution in [0.15, 0.2) is 30.7 Å². The van der Waals surface area contributed by atoms with Crippen molar-refractivity contribution in [2.45, 2.75) is 6.04 Å². The predicted octanol–water partition coefficient (Wildman–Crippen LogP) is 1.26. The van der Waals surface area contributed by atoms with Crippen molar-refractivity contribution < 1.29 is 4.39 Å². The number of halogens is 1. The number of nitrogens with one attached hydrogen (secondary N) is 1. The van der Waals surface area contributed by atoms with E-state index >= 15 is 0 Å². The zero-order valence-corrected chi connectivity index (χ0v) is 9.18. The number of hydrogen-bond acceptors (Lipinski definition) is 3. The van der Waals surface area contributed by atoms with Crippen molar-refractivity contribution in [1.82, 2.24) is 19.9 Å². The van der Waals surface area contributed by atoms with Crippen LogP contribution >= 0.6 is 0 Å². The Morgan fingerprint density at radius 3 is 2.75 bits per heavy atom. The Kier molecular flexibility index (Phi) is 2.96. The molecule has 1 N–H and O–H groups in total. The molecule has 1 unspecified atom stereocenters. The molecule has 84 valence electrons. The van der Waals surface area contributed by atoms with Gasteiger partial charge in [0.05, 0.1) is 0 Å². The van der Waals surface area contributed by atoms with Crippen molar-refractivity contribution >= 4 is 0 Å². The van der Waals surface area contributed by atoms with Gasteiger partial charge in [-0.1, -0.05) is 0 Å². The SMILES string of the molecule is CNC(c1ncccc1F)c1nccn1C. The molecule has 0 saturated heterocycles. The molecule has 0 aromatic carbocycles. The van der Waals surface area contributed by atoms with Crippen LogP contribution in [0.1, 0.15) is 17.6 Å². The first-order chi connectivity index (χ1) is 7.74. The molecule has 2 aromatic heterocycles. The highest BCUT2D eigenvalue weighted by Crippen LogP contribution is 2.19. The molecular weight excluding hydrogens is 207 g/mol. The minimum absolute atomic E-state index is 0.329. The summed E-state index contributed by atoms with van der Waals surface area (Å²) in [5.41, 5.74) is 0.360. The molecule has 0 spiro atoms. The largest absolute Gasteiger partial charge is 0.336 e. The molecule has 2 rings (SSSR count). The highest BCUT2D eigenvalue weighted by molar-refractivity contribution is 5.19. The minimum atomic E-state index is -0.332. The van der Waals surface area contributed by atoms with Gasteiger partial charge in [-0.25, -0.2) is 9.37 Å². The Hall–Kier alpha value is -1.75. The molecule has 2 aromatic rings. The summed E-state index contributed by atoms with van der Waals surface area (Å²) < 4.78 is 15.5. The lowest BCUT2D eigenvalue weighted by atomic mass is 10.1. The van der Waals surface area contributed by atoms with Crippen molar-refractivity contribution in [3.8, 4) is 0 Å². The Balaban J connectivity index is 2.45. The monoisotopic (exact) mass is 220 g/mol. The summed E-state index contributed by atoms with van der Waals surface area (Å²) in [6, 6.07) is 2.64. The standard InChI is InChI=1S/C11H13FN4/c1-13-10(11-15-6-7-16(11)2)9-8(12)4-3-5-14-9/h3-7,10,13H,1-2H3. The first kappa shape index (κ1) is 10.8. The number of aryl methyl sites for hydroxylation is 1. The van der Waals surface area contributed by atoms with E-state index in [0.717, 1.165) is 5.82 Å². The lowest BCUT2D eigenvalue weighted by Gasteiger charge is -2.15. The summed E-state index contributed by atoms with van der Waals surface area (Å²) in [6.07, 6.45) is 5.08. The average molecular weight is 220 g/mol. The van der Waals surface area contributed by atoms with Crippen molar-refractivity contribution in [2.24, 2.45) is 7.05 Å². The van der Waals surface area contributed by atoms with Crippen LogP contribution in [-0.4, -0.2) is 21.6 Å². The number of imidazole rings is 1. The number of hydrogen-bond donors (Lipinski definition) is 1. The van der Waals surface area contributed by atoms with Crippen LogP contribution < -0.4 is 5.32 Å². The topological polar surface area (TPSA) is 42.7 Å². The van der Waals surface area contributed by atoms with Gasteiger partial charge >= 0.3 is 0 Å². The molecule has 0 radical (unpaired) electrons. The van der Waals surface area contributed by atoms with Crippen LogP contribution in [0.5, 0.6) is 0 Å². The fraction of sp³-hybridized carbons (Fsp3) is 0.273. The highest BCUT2D eigenvalue weighted by atomic mass is 19.1. The Morgan fingerprint density at radius 2 is 2.19 bits per heavy atom. The van der Waals surface area contributed by atoms with Gasteiger partial charge in [0.15, 0.2) is 0 Å². The molecule has 0 bridgehead atoms. The lowest BCUT2D eigenvalue weighted by molar-refractivity contribution is 0.536. The van der Waals surface area contributed by atoms with Gasteiger partial charge in [-0.05, 0) is 19.2 Å². The van der Waals surface area contributed by atoms with Crippen molar-refractivity contribution in [1.29, 1.82) is 0 Å². The van der Waals surface area contributed by atoms with Gasteiger partial charge < -0.3 is 9.88 Å². The molecule has 0 amide bonds. The summed E-state index contributed by atoms with van der Waals surface area (Å²) in [4.78, 5) is 8.25. The maximum atomic E-state index is 13.6. The van der Waals surface area contributed by atoms with Gasteiger partial charge in [0.1, 0.15) is 23.4 Å². The minimum Gasteiger partial charge on any atom is -0.336 e. The van der Waals surface area contributed by atoms with E-state index in [9.17, 15) is 4.39 Å². The van der Waals surface area contributed by atoms with Crippen LogP contribution in [0.25, 0.3) is 0 Å². The molecule has 5 heteroatoms. The third-order valence-corrected chi connectivity index (χ3v) is 2.47. The Labute approximate surface area is 93.2 Å². The van der Waals surface area contributed by atoms with Crippen molar-refractivity contribution in [3.63, 3.8) is 0 Å². The number of aromatic nitrogens is 3. The third kappa shape index (κ3) is 1.81. The predicted molar refractivity (Wildman–Crippen MR) is 58.3 cm³/mol. The second-order valence-corrected chi connectivity index (χ2v) is 3.49. The zero-order valence-electron chi connectivity index (χ0n) is 9.18. The summed E-state index contributed by atoms with van der Waals surface area (Å²) in [7, 11) is 3.63. The first-order valence-corrected chi connectivity index (χ1v) is 4.99. The summed E-state index contributed by atoms with van der Waals surface area (Å²) >= 11 is 0. The maximum absolute atomic E-state index is 13.6. The van der Waals surface area contributed by atoms with Crippen LogP contribution in [0.2, 0.25) is 0 Å². The molecular formula is C11H13FN4. The van der Waals surface area contributed by atoms with E-state index in [1.165, 1.54) is 6.07 Å². The average Bonchev–Trinajstić information content (AvgIpc) is 2.69. The van der Waals surface area contributed by atoms with Gasteiger partial charge in [-0.3, -0.25) is 4.98 Å². The number of nitrogens with zero attached hydrogens (tertiary/aromatic N) is 3. The van der Waals surface area contributed by atoms with Gasteiger partial charge in [0.25, 0.3) is 0 Å². The van der Waals surface area contributed by atoms with Crippen LogP contribution in [0.4, 0.5) is 4.39 Å². The fourth-order valence-corrected chi connectivity index (χ4v) is 1.65. The molecule has 4 nitrogen and oxygen atoms in total. The van der Waals surface area contributed by atoms with E-state index in [-0.39, 0.29) is 11.9 Å². The lowest BCUT2D eigenvalue weighted by Crippen LogP contribution is -2.23. The van der Waals surface area contributed by atoms with E-state index in [0.29, 0.717) is 5.69 Å². The van der Waals surface area contributed by atoms with Gasteiger partial charge in [-0.15, -0.1) is 0 Å². The molecule has 0 saturated carbocycles. The van der Waals surface area contributed by atoms with Crippen LogP contribution in [0, 0.1) is 5.82 Å². The molecule has 16 heavy (non-hydrogen) atoms. The molecule has 0 aliphatic carbocycles. The van der Waals surface area contributed by atoms with Crippen LogP contribution in [0.3, 0.4) is 0 Å². The second kappa shape index (κ2) is 4.40. The zero-order chi connectivity index (χ0) is 11.5. The van der Waals surface area contributed by atoms with Gasteiger partial charge in [0, 0.05) is 25.6 Å².